The van der Waals surface area contributed by atoms with Crippen molar-refractivity contribution in [3.8, 4) is 0 Å². The summed E-state index contributed by atoms with van der Waals surface area (Å²) in [7, 11) is 0. The molecule has 0 rings (SSSR count). The second kappa shape index (κ2) is 39.0. The molecule has 0 aliphatic carbocycles. The van der Waals surface area contributed by atoms with Crippen LogP contribution in [0.1, 0.15) is 187 Å². The minimum absolute atomic E-state index is 0.0131. The third-order valence-electron chi connectivity index (χ3n) is 8.42. The van der Waals surface area contributed by atoms with E-state index in [1.54, 1.807) is 0 Å². The van der Waals surface area contributed by atoms with E-state index in [9.17, 15) is 9.70 Å². The van der Waals surface area contributed by atoms with Crippen molar-refractivity contribution in [3.63, 3.8) is 0 Å². The van der Waals surface area contributed by atoms with E-state index in [0.29, 0.717) is 13.0 Å². The Kier molecular flexibility index (Phi) is 37.2. The van der Waals surface area contributed by atoms with Crippen molar-refractivity contribution < 1.29 is 9.53 Å². The van der Waals surface area contributed by atoms with E-state index in [1.807, 2.05) is 0 Å². The molecule has 1 N–H and O–H groups in total. The monoisotopic (exact) mass is 643 g/mol. The second-order valence-corrected chi connectivity index (χ2v) is 12.9. The fraction of sp³-hybridized carbons (Fsp3) is 0.780. The molecule has 0 spiro atoms. The number of amides is 1. The highest BCUT2D eigenvalue weighted by atomic mass is 16.6. The highest BCUT2D eigenvalue weighted by Crippen LogP contribution is 2.18. The third-order valence-corrected chi connectivity index (χ3v) is 8.42. The smallest absolute Gasteiger partial charge is 0.407 e. The molecule has 0 aromatic carbocycles. The molecule has 5 nitrogen and oxygen atoms in total. The first-order chi connectivity index (χ1) is 22.7. The molecule has 266 valence electrons. The summed E-state index contributed by atoms with van der Waals surface area (Å²) in [4.78, 5) is 22.6. The van der Waals surface area contributed by atoms with Crippen LogP contribution in [0.25, 0.3) is 0 Å². The average Bonchev–Trinajstić information content (AvgIpc) is 3.06. The number of ether oxygens (including phenoxy) is 1. The number of carbonyl (C=O) groups is 1. The Labute approximate surface area is 285 Å². The SMILES string of the molecule is CCCCC/C=C\C/C=C\CCCCCCCCC(CCCCCCCC/C=C\C/C=C\CCCCC)OC(=O)NCCCN=O. The topological polar surface area (TPSA) is 67.8 Å². The van der Waals surface area contributed by atoms with Gasteiger partial charge in [0, 0.05) is 6.54 Å². The number of unbranched alkanes of at least 4 members (excludes halogenated alkanes) is 18. The van der Waals surface area contributed by atoms with Gasteiger partial charge in [-0.25, -0.2) is 4.79 Å². The Morgan fingerprint density at radius 3 is 1.35 bits per heavy atom. The molecule has 0 atom stereocenters. The van der Waals surface area contributed by atoms with Gasteiger partial charge in [-0.15, -0.1) is 0 Å². The van der Waals surface area contributed by atoms with Gasteiger partial charge in [-0.1, -0.05) is 145 Å². The molecule has 0 aliphatic rings. The molecular formula is C41H74N2O3. The normalized spacial score (nSPS) is 12.1. The van der Waals surface area contributed by atoms with Crippen molar-refractivity contribution in [2.45, 2.75) is 193 Å². The minimum atomic E-state index is -0.351. The maximum atomic E-state index is 12.3. The van der Waals surface area contributed by atoms with Gasteiger partial charge in [0.25, 0.3) is 0 Å². The minimum Gasteiger partial charge on any atom is -0.446 e. The number of nitrogens with zero attached hydrogens (tertiary/aromatic N) is 1. The summed E-state index contributed by atoms with van der Waals surface area (Å²) in [5, 5.41) is 5.64. The second-order valence-electron chi connectivity index (χ2n) is 12.9. The van der Waals surface area contributed by atoms with Gasteiger partial charge in [-0.05, 0) is 96.3 Å². The molecule has 0 heterocycles. The molecule has 0 aromatic rings. The first-order valence-corrected chi connectivity index (χ1v) is 19.6. The Morgan fingerprint density at radius 1 is 0.543 bits per heavy atom. The number of alkyl carbamates (subject to hydrolysis) is 1. The summed E-state index contributed by atoms with van der Waals surface area (Å²) in [6.07, 6.45) is 50.3. The lowest BCUT2D eigenvalue weighted by atomic mass is 10.0. The quantitative estimate of drug-likeness (QED) is 0.0425. The largest absolute Gasteiger partial charge is 0.446 e. The van der Waals surface area contributed by atoms with E-state index in [4.69, 9.17) is 4.74 Å². The Bertz CT molecular complexity index is 711. The molecule has 46 heavy (non-hydrogen) atoms. The molecule has 0 aromatic heterocycles. The number of carbonyl (C=O) groups excluding carboxylic acids is 1. The zero-order chi connectivity index (χ0) is 33.4. The van der Waals surface area contributed by atoms with Gasteiger partial charge in [0.1, 0.15) is 6.10 Å². The van der Waals surface area contributed by atoms with Crippen LogP contribution in [0.2, 0.25) is 0 Å². The number of hydrogen-bond acceptors (Lipinski definition) is 4. The van der Waals surface area contributed by atoms with Crippen LogP contribution >= 0.6 is 0 Å². The maximum absolute atomic E-state index is 12.3. The van der Waals surface area contributed by atoms with Crippen molar-refractivity contribution in [2.75, 3.05) is 13.1 Å². The van der Waals surface area contributed by atoms with Gasteiger partial charge < -0.3 is 10.1 Å². The van der Waals surface area contributed by atoms with E-state index < -0.39 is 0 Å². The van der Waals surface area contributed by atoms with E-state index in [0.717, 1.165) is 38.5 Å². The molecule has 0 unspecified atom stereocenters. The van der Waals surface area contributed by atoms with Crippen LogP contribution < -0.4 is 5.32 Å². The van der Waals surface area contributed by atoms with E-state index in [1.165, 1.54) is 128 Å². The summed E-state index contributed by atoms with van der Waals surface area (Å²) in [6, 6.07) is 0. The molecule has 0 aliphatic heterocycles. The van der Waals surface area contributed by atoms with Crippen LogP contribution in [-0.4, -0.2) is 25.3 Å². The standard InChI is InChI=1S/C41H74N2O3/c1-3-5-7-9-11-13-15-17-19-21-23-25-27-29-31-33-36-40(46-41(44)42-38-35-39-43-45)37-34-32-30-28-26-24-22-20-18-16-14-12-10-8-6-4-2/h11-14,17-20,40H,3-10,15-16,21-39H2,1-2H3,(H,42,44)/b13-11-,14-12-,19-17-,20-18-. The molecule has 0 bridgehead atoms. The maximum Gasteiger partial charge on any atom is 0.407 e. The summed E-state index contributed by atoms with van der Waals surface area (Å²) >= 11 is 0. The number of nitrogens with one attached hydrogen (secondary N) is 1. The molecule has 1 amide bonds. The molecular weight excluding hydrogens is 568 g/mol. The fourth-order valence-electron chi connectivity index (χ4n) is 5.51. The van der Waals surface area contributed by atoms with Crippen molar-refractivity contribution in [2.24, 2.45) is 5.18 Å². The number of rotatable bonds is 35. The van der Waals surface area contributed by atoms with Crippen molar-refractivity contribution >= 4 is 6.09 Å². The molecule has 0 radical (unpaired) electrons. The van der Waals surface area contributed by atoms with Crippen LogP contribution in [0, 0.1) is 4.91 Å². The van der Waals surface area contributed by atoms with Gasteiger partial charge >= 0.3 is 6.09 Å². The zero-order valence-corrected chi connectivity index (χ0v) is 30.4. The van der Waals surface area contributed by atoms with Gasteiger partial charge in [-0.2, -0.15) is 4.91 Å². The zero-order valence-electron chi connectivity index (χ0n) is 30.4. The fourth-order valence-corrected chi connectivity index (χ4v) is 5.51. The van der Waals surface area contributed by atoms with Crippen LogP contribution in [-0.2, 0) is 4.74 Å². The summed E-state index contributed by atoms with van der Waals surface area (Å²) < 4.78 is 5.80. The average molecular weight is 643 g/mol. The van der Waals surface area contributed by atoms with E-state index in [2.05, 4.69) is 72.9 Å². The van der Waals surface area contributed by atoms with Crippen LogP contribution in [0.3, 0.4) is 0 Å². The van der Waals surface area contributed by atoms with Gasteiger partial charge in [0.2, 0.25) is 0 Å². The van der Waals surface area contributed by atoms with Gasteiger partial charge in [0.15, 0.2) is 0 Å². The molecule has 0 saturated carbocycles. The van der Waals surface area contributed by atoms with E-state index in [-0.39, 0.29) is 18.7 Å². The Balaban J connectivity index is 4.01. The summed E-state index contributed by atoms with van der Waals surface area (Å²) in [5.41, 5.74) is 0. The predicted molar refractivity (Wildman–Crippen MR) is 202 cm³/mol. The first-order valence-electron chi connectivity index (χ1n) is 19.6. The van der Waals surface area contributed by atoms with E-state index >= 15 is 0 Å². The first kappa shape index (κ1) is 43.8. The van der Waals surface area contributed by atoms with Gasteiger partial charge in [0.05, 0.1) is 6.54 Å². The highest BCUT2D eigenvalue weighted by Gasteiger charge is 2.14. The Hall–Kier alpha value is -2.17. The summed E-state index contributed by atoms with van der Waals surface area (Å²) in [5.74, 6) is 0. The molecule has 0 fully saturated rings. The lowest BCUT2D eigenvalue weighted by molar-refractivity contribution is 0.0841. The molecule has 5 heteroatoms. The van der Waals surface area contributed by atoms with Crippen LogP contribution in [0.4, 0.5) is 4.79 Å². The van der Waals surface area contributed by atoms with Crippen molar-refractivity contribution in [3.05, 3.63) is 53.5 Å². The van der Waals surface area contributed by atoms with Crippen LogP contribution in [0.15, 0.2) is 53.8 Å². The molecule has 0 saturated heterocycles. The Morgan fingerprint density at radius 2 is 0.935 bits per heavy atom. The van der Waals surface area contributed by atoms with Crippen LogP contribution in [0.5, 0.6) is 0 Å². The highest BCUT2D eigenvalue weighted by molar-refractivity contribution is 5.67. The summed E-state index contributed by atoms with van der Waals surface area (Å²) in [6.45, 7) is 5.17. The predicted octanol–water partition coefficient (Wildman–Crippen LogP) is 13.6. The lowest BCUT2D eigenvalue weighted by Crippen LogP contribution is -2.30. The number of allylic oxidation sites excluding steroid dienone is 8. The van der Waals surface area contributed by atoms with Gasteiger partial charge in [-0.3, -0.25) is 0 Å². The lowest BCUT2D eigenvalue weighted by Gasteiger charge is -2.18. The number of hydrogen-bond donors (Lipinski definition) is 1. The third kappa shape index (κ3) is 36.3. The number of nitroso groups, excluding NO2 is 1. The van der Waals surface area contributed by atoms with Crippen molar-refractivity contribution in [1.29, 1.82) is 0 Å². The van der Waals surface area contributed by atoms with Crippen molar-refractivity contribution in [1.82, 2.24) is 5.32 Å².